The second-order valence-corrected chi connectivity index (χ2v) is 7.78. The summed E-state index contributed by atoms with van der Waals surface area (Å²) >= 11 is 1.56. The van der Waals surface area contributed by atoms with Crippen LogP contribution in [0.15, 0.2) is 24.3 Å². The highest BCUT2D eigenvalue weighted by Crippen LogP contribution is 2.14. The Morgan fingerprint density at radius 2 is 1.71 bits per heavy atom. The molecule has 0 aliphatic carbocycles. The molecule has 0 heterocycles. The SMILES string of the molecule is CCOC(=O)CCCOc1ccc(C[C@H](N)C(=O)CCCOC)cc1.CSCC(C)=O. The van der Waals surface area contributed by atoms with Gasteiger partial charge in [-0.05, 0) is 57.1 Å². The normalized spacial score (nSPS) is 11.1. The van der Waals surface area contributed by atoms with Crippen molar-refractivity contribution in [2.24, 2.45) is 5.73 Å². The number of nitrogens with two attached hydrogens (primary N) is 1. The van der Waals surface area contributed by atoms with Crippen LogP contribution in [0.3, 0.4) is 0 Å². The Balaban J connectivity index is 0.00000131. The highest BCUT2D eigenvalue weighted by atomic mass is 32.2. The predicted molar refractivity (Wildman–Crippen MR) is 125 cm³/mol. The molecule has 0 saturated heterocycles. The lowest BCUT2D eigenvalue weighted by atomic mass is 10.0. The van der Waals surface area contributed by atoms with Gasteiger partial charge in [-0.3, -0.25) is 14.4 Å². The number of rotatable bonds is 15. The van der Waals surface area contributed by atoms with Gasteiger partial charge in [0.25, 0.3) is 0 Å². The van der Waals surface area contributed by atoms with E-state index in [-0.39, 0.29) is 17.5 Å². The van der Waals surface area contributed by atoms with Crippen molar-refractivity contribution in [2.75, 3.05) is 38.9 Å². The fraction of sp³-hybridized carbons (Fsp3) is 0.609. The number of thioether (sulfide) groups is 1. The van der Waals surface area contributed by atoms with Crippen molar-refractivity contribution in [3.8, 4) is 5.75 Å². The predicted octanol–water partition coefficient (Wildman–Crippen LogP) is 3.21. The van der Waals surface area contributed by atoms with E-state index >= 15 is 0 Å². The number of ketones is 2. The molecule has 0 fully saturated rings. The van der Waals surface area contributed by atoms with Crippen LogP contribution in [-0.4, -0.2) is 62.5 Å². The number of benzene rings is 1. The molecule has 1 atom stereocenters. The van der Waals surface area contributed by atoms with Gasteiger partial charge in [-0.1, -0.05) is 12.1 Å². The maximum absolute atomic E-state index is 11.9. The second kappa shape index (κ2) is 18.8. The lowest BCUT2D eigenvalue weighted by Crippen LogP contribution is -2.32. The summed E-state index contributed by atoms with van der Waals surface area (Å²) in [6.45, 7) is 4.81. The number of carbonyl (C=O) groups is 3. The molecule has 2 N–H and O–H groups in total. The van der Waals surface area contributed by atoms with Crippen LogP contribution in [0.25, 0.3) is 0 Å². The van der Waals surface area contributed by atoms with Crippen LogP contribution in [0.2, 0.25) is 0 Å². The Kier molecular flexibility index (Phi) is 17.7. The third-order valence-corrected chi connectivity index (χ3v) is 4.71. The van der Waals surface area contributed by atoms with E-state index in [1.807, 2.05) is 30.5 Å². The molecule has 0 saturated carbocycles. The van der Waals surface area contributed by atoms with E-state index < -0.39 is 6.04 Å². The molecule has 0 spiro atoms. The molecule has 176 valence electrons. The van der Waals surface area contributed by atoms with Crippen molar-refractivity contribution in [2.45, 2.75) is 52.0 Å². The number of hydrogen-bond donors (Lipinski definition) is 1. The van der Waals surface area contributed by atoms with Gasteiger partial charge in [0.15, 0.2) is 0 Å². The molecular weight excluding hydrogens is 418 g/mol. The van der Waals surface area contributed by atoms with Gasteiger partial charge < -0.3 is 19.9 Å². The number of methoxy groups -OCH3 is 1. The van der Waals surface area contributed by atoms with E-state index in [4.69, 9.17) is 19.9 Å². The fourth-order valence-electron chi connectivity index (χ4n) is 2.51. The highest BCUT2D eigenvalue weighted by molar-refractivity contribution is 7.99. The zero-order valence-electron chi connectivity index (χ0n) is 19.2. The van der Waals surface area contributed by atoms with E-state index in [1.165, 1.54) is 0 Å². The van der Waals surface area contributed by atoms with E-state index in [2.05, 4.69) is 0 Å². The molecule has 31 heavy (non-hydrogen) atoms. The van der Waals surface area contributed by atoms with Gasteiger partial charge in [-0.15, -0.1) is 0 Å². The second-order valence-electron chi connectivity index (χ2n) is 6.91. The minimum atomic E-state index is -0.492. The molecule has 0 aliphatic heterocycles. The summed E-state index contributed by atoms with van der Waals surface area (Å²) in [4.78, 5) is 33.2. The van der Waals surface area contributed by atoms with Gasteiger partial charge in [0.2, 0.25) is 0 Å². The van der Waals surface area contributed by atoms with Gasteiger partial charge >= 0.3 is 5.97 Å². The topological polar surface area (TPSA) is 105 Å². The summed E-state index contributed by atoms with van der Waals surface area (Å²) in [7, 11) is 1.62. The van der Waals surface area contributed by atoms with Crippen LogP contribution >= 0.6 is 11.8 Å². The van der Waals surface area contributed by atoms with E-state index in [0.29, 0.717) is 57.7 Å². The molecule has 0 bridgehead atoms. The van der Waals surface area contributed by atoms with Crippen molar-refractivity contribution in [3.63, 3.8) is 0 Å². The largest absolute Gasteiger partial charge is 0.494 e. The van der Waals surface area contributed by atoms with Gasteiger partial charge in [-0.2, -0.15) is 11.8 Å². The molecule has 0 unspecified atom stereocenters. The summed E-state index contributed by atoms with van der Waals surface area (Å²) in [5.74, 6) is 1.48. The number of Topliss-reactive ketones (excluding diaryl/α,β-unsaturated/α-hetero) is 2. The summed E-state index contributed by atoms with van der Waals surface area (Å²) in [5, 5.41) is 0. The minimum Gasteiger partial charge on any atom is -0.494 e. The zero-order chi connectivity index (χ0) is 23.5. The molecule has 7 nitrogen and oxygen atoms in total. The number of esters is 1. The number of hydrogen-bond acceptors (Lipinski definition) is 8. The van der Waals surface area contributed by atoms with Gasteiger partial charge in [0.05, 0.1) is 25.0 Å². The van der Waals surface area contributed by atoms with Crippen LogP contribution in [0, 0.1) is 0 Å². The van der Waals surface area contributed by atoms with Gasteiger partial charge in [0.1, 0.15) is 17.3 Å². The Bertz CT molecular complexity index is 635. The van der Waals surface area contributed by atoms with Crippen molar-refractivity contribution in [3.05, 3.63) is 29.8 Å². The first-order valence-corrected chi connectivity index (χ1v) is 11.9. The van der Waals surface area contributed by atoms with Crippen LogP contribution in [0.4, 0.5) is 0 Å². The van der Waals surface area contributed by atoms with E-state index in [0.717, 1.165) is 11.3 Å². The first-order valence-electron chi connectivity index (χ1n) is 10.5. The van der Waals surface area contributed by atoms with Crippen LogP contribution < -0.4 is 10.5 Å². The quantitative estimate of drug-likeness (QED) is 0.317. The minimum absolute atomic E-state index is 0.0522. The third-order valence-electron chi connectivity index (χ3n) is 4.01. The average Bonchev–Trinajstić information content (AvgIpc) is 2.73. The lowest BCUT2D eigenvalue weighted by Gasteiger charge is -2.11. The molecule has 0 aromatic heterocycles. The smallest absolute Gasteiger partial charge is 0.305 e. The molecule has 0 amide bonds. The summed E-state index contributed by atoms with van der Waals surface area (Å²) in [5.41, 5.74) is 6.95. The van der Waals surface area contributed by atoms with Crippen molar-refractivity contribution in [1.82, 2.24) is 0 Å². The number of carbonyl (C=O) groups excluding carboxylic acids is 3. The first-order chi connectivity index (χ1) is 14.8. The molecule has 0 radical (unpaired) electrons. The zero-order valence-corrected chi connectivity index (χ0v) is 20.0. The van der Waals surface area contributed by atoms with Crippen LogP contribution in [0.5, 0.6) is 5.75 Å². The van der Waals surface area contributed by atoms with Crippen LogP contribution in [0.1, 0.15) is 45.1 Å². The summed E-state index contributed by atoms with van der Waals surface area (Å²) in [6, 6.07) is 7.02. The van der Waals surface area contributed by atoms with Gasteiger partial charge in [0, 0.05) is 26.6 Å². The first kappa shape index (κ1) is 29.1. The van der Waals surface area contributed by atoms with E-state index in [1.54, 1.807) is 32.7 Å². The molecule has 1 rings (SSSR count). The molecule has 0 aliphatic rings. The third kappa shape index (κ3) is 16.5. The molecule has 1 aromatic rings. The van der Waals surface area contributed by atoms with E-state index in [9.17, 15) is 14.4 Å². The van der Waals surface area contributed by atoms with Crippen molar-refractivity contribution < 1.29 is 28.6 Å². The Morgan fingerprint density at radius 1 is 1.06 bits per heavy atom. The van der Waals surface area contributed by atoms with Crippen molar-refractivity contribution in [1.29, 1.82) is 0 Å². The van der Waals surface area contributed by atoms with Gasteiger partial charge in [-0.25, -0.2) is 0 Å². The summed E-state index contributed by atoms with van der Waals surface area (Å²) in [6.07, 6.45) is 4.53. The monoisotopic (exact) mass is 455 g/mol. The van der Waals surface area contributed by atoms with Crippen molar-refractivity contribution >= 4 is 29.3 Å². The highest BCUT2D eigenvalue weighted by Gasteiger charge is 2.13. The fourth-order valence-corrected chi connectivity index (χ4v) is 2.92. The lowest BCUT2D eigenvalue weighted by molar-refractivity contribution is -0.143. The maximum atomic E-state index is 11.9. The molecule has 8 heteroatoms. The Labute approximate surface area is 190 Å². The summed E-state index contributed by atoms with van der Waals surface area (Å²) < 4.78 is 15.4. The standard InChI is InChI=1S/C19H29NO5.C4H8OS/c1-3-24-19(22)7-5-13-25-16-10-8-15(9-11-16)14-17(20)18(21)6-4-12-23-2;1-4(5)3-6-2/h8-11,17H,3-7,12-14,20H2,1-2H3;3H2,1-2H3/t17-;/m0./s1. The molecule has 1 aromatic carbocycles. The average molecular weight is 456 g/mol. The van der Waals surface area contributed by atoms with Crippen LogP contribution in [-0.2, 0) is 30.3 Å². The Hall–Kier alpha value is -1.90. The molecular formula is C23H37NO6S. The number of ether oxygens (including phenoxy) is 3. The maximum Gasteiger partial charge on any atom is 0.305 e. The Morgan fingerprint density at radius 3 is 2.23 bits per heavy atom.